The highest BCUT2D eigenvalue weighted by Crippen LogP contribution is 2.41. The smallest absolute Gasteiger partial charge is 0.229 e. The van der Waals surface area contributed by atoms with Crippen molar-refractivity contribution >= 4 is 51.0 Å². The highest BCUT2D eigenvalue weighted by atomic mass is 79.9. The molecule has 7 nitrogen and oxygen atoms in total. The summed E-state index contributed by atoms with van der Waals surface area (Å²) in [5.41, 5.74) is 1.65. The van der Waals surface area contributed by atoms with Crippen LogP contribution in [0.2, 0.25) is 10.0 Å². The minimum atomic E-state index is -0.300. The molecule has 1 N–H and O–H groups in total. The number of rotatable bonds is 6. The van der Waals surface area contributed by atoms with Crippen molar-refractivity contribution in [2.75, 3.05) is 11.9 Å². The Bertz CT molecular complexity index is 1110. The van der Waals surface area contributed by atoms with Crippen molar-refractivity contribution < 1.29 is 14.3 Å². The van der Waals surface area contributed by atoms with Crippen LogP contribution in [0, 0.1) is 0 Å². The van der Waals surface area contributed by atoms with Crippen LogP contribution in [-0.2, 0) is 11.4 Å². The quantitative estimate of drug-likeness (QED) is 0.488. The highest BCUT2D eigenvalue weighted by molar-refractivity contribution is 9.10. The van der Waals surface area contributed by atoms with Crippen molar-refractivity contribution in [3.63, 3.8) is 0 Å². The third-order valence-corrected chi connectivity index (χ3v) is 5.78. The van der Waals surface area contributed by atoms with Gasteiger partial charge < -0.3 is 9.47 Å². The van der Waals surface area contributed by atoms with Gasteiger partial charge in [-0.15, -0.1) is 0 Å². The second-order valence-corrected chi connectivity index (χ2v) is 8.28. The second kappa shape index (κ2) is 8.83. The van der Waals surface area contributed by atoms with Crippen LogP contribution in [0.5, 0.6) is 11.5 Å². The van der Waals surface area contributed by atoms with E-state index in [2.05, 4.69) is 31.3 Å². The van der Waals surface area contributed by atoms with Gasteiger partial charge in [0.1, 0.15) is 12.9 Å². The first-order valence-corrected chi connectivity index (χ1v) is 10.7. The molecule has 1 amide bonds. The van der Waals surface area contributed by atoms with Crippen molar-refractivity contribution in [1.82, 2.24) is 14.8 Å². The number of hydrogen-bond donors (Lipinski definition) is 1. The van der Waals surface area contributed by atoms with E-state index in [0.717, 1.165) is 11.1 Å². The van der Waals surface area contributed by atoms with Gasteiger partial charge in [-0.3, -0.25) is 10.1 Å². The van der Waals surface area contributed by atoms with Gasteiger partial charge in [-0.25, -0.2) is 4.68 Å². The summed E-state index contributed by atoms with van der Waals surface area (Å²) >= 11 is 15.8. The Morgan fingerprint density at radius 2 is 2.10 bits per heavy atom. The summed E-state index contributed by atoms with van der Waals surface area (Å²) in [7, 11) is 0. The van der Waals surface area contributed by atoms with Crippen molar-refractivity contribution in [3.8, 4) is 11.5 Å². The normalized spacial score (nSPS) is 15.5. The molecule has 1 atom stereocenters. The molecule has 0 spiro atoms. The molecular formula is C20H17BrCl2N4O3. The number of amides is 1. The van der Waals surface area contributed by atoms with Gasteiger partial charge in [0.05, 0.1) is 23.5 Å². The molecule has 4 rings (SSSR count). The van der Waals surface area contributed by atoms with E-state index in [1.54, 1.807) is 16.8 Å². The Hall–Kier alpha value is -2.29. The summed E-state index contributed by atoms with van der Waals surface area (Å²) < 4.78 is 14.2. The van der Waals surface area contributed by atoms with E-state index < -0.39 is 0 Å². The molecule has 0 bridgehead atoms. The molecule has 0 saturated carbocycles. The highest BCUT2D eigenvalue weighted by Gasteiger charge is 2.29. The largest absolute Gasteiger partial charge is 0.490 e. The van der Waals surface area contributed by atoms with Gasteiger partial charge >= 0.3 is 0 Å². The molecule has 0 radical (unpaired) electrons. The molecule has 10 heteroatoms. The first kappa shape index (κ1) is 21.0. The lowest BCUT2D eigenvalue weighted by atomic mass is 10.0. The van der Waals surface area contributed by atoms with E-state index in [4.69, 9.17) is 32.7 Å². The molecule has 0 aliphatic carbocycles. The minimum Gasteiger partial charge on any atom is -0.490 e. The molecule has 0 fully saturated rings. The number of nitrogens with zero attached hydrogens (tertiary/aromatic N) is 3. The SMILES string of the molecule is CCOc1cc([C@H]2CC(=O)Nc3ncnn32)cc(Br)c1OCc1ccc(Cl)cc1Cl. The zero-order valence-corrected chi connectivity index (χ0v) is 19.0. The third-order valence-electron chi connectivity index (χ3n) is 4.60. The number of halogens is 3. The Balaban J connectivity index is 1.66. The standard InChI is InChI=1S/C20H17BrCl2N4O3/c1-2-29-17-6-12(16-8-18(28)26-20-24-10-25-27(16)20)5-14(21)19(17)30-9-11-3-4-13(22)7-15(11)23/h3-7,10,16H,2,8-9H2,1H3,(H,24,25,26,28)/t16-/m1/s1. The van der Waals surface area contributed by atoms with Crippen molar-refractivity contribution in [1.29, 1.82) is 0 Å². The summed E-state index contributed by atoms with van der Waals surface area (Å²) in [4.78, 5) is 16.2. The number of carbonyl (C=O) groups is 1. The van der Waals surface area contributed by atoms with Crippen molar-refractivity contribution in [3.05, 3.63) is 62.3 Å². The Kier molecular flexibility index (Phi) is 6.17. The lowest BCUT2D eigenvalue weighted by molar-refractivity contribution is -0.117. The van der Waals surface area contributed by atoms with Gasteiger partial charge in [-0.2, -0.15) is 10.1 Å². The molecular weight excluding hydrogens is 495 g/mol. The topological polar surface area (TPSA) is 78.3 Å². The van der Waals surface area contributed by atoms with Crippen LogP contribution in [0.4, 0.5) is 5.95 Å². The summed E-state index contributed by atoms with van der Waals surface area (Å²) in [5, 5.41) is 8.05. The van der Waals surface area contributed by atoms with Crippen LogP contribution in [0.3, 0.4) is 0 Å². The van der Waals surface area contributed by atoms with Crippen LogP contribution in [-0.4, -0.2) is 27.3 Å². The predicted octanol–water partition coefficient (Wildman–Crippen LogP) is 5.26. The maximum Gasteiger partial charge on any atom is 0.229 e. The molecule has 3 aromatic rings. The zero-order chi connectivity index (χ0) is 21.3. The van der Waals surface area contributed by atoms with Crippen LogP contribution in [0.15, 0.2) is 41.1 Å². The first-order valence-electron chi connectivity index (χ1n) is 9.18. The van der Waals surface area contributed by atoms with Gasteiger partial charge in [0.15, 0.2) is 11.5 Å². The van der Waals surface area contributed by atoms with E-state index in [-0.39, 0.29) is 25.0 Å². The second-order valence-electron chi connectivity index (χ2n) is 6.58. The number of fused-ring (bicyclic) bond motifs is 1. The van der Waals surface area contributed by atoms with Crippen molar-refractivity contribution in [2.45, 2.75) is 26.0 Å². The molecule has 1 aromatic heterocycles. The third kappa shape index (κ3) is 4.26. The summed E-state index contributed by atoms with van der Waals surface area (Å²) in [6.07, 6.45) is 1.66. The van der Waals surface area contributed by atoms with Gasteiger partial charge in [-0.1, -0.05) is 29.3 Å². The number of aromatic nitrogens is 3. The number of benzene rings is 2. The van der Waals surface area contributed by atoms with E-state index in [1.165, 1.54) is 6.33 Å². The maximum absolute atomic E-state index is 12.1. The van der Waals surface area contributed by atoms with Crippen LogP contribution in [0.25, 0.3) is 0 Å². The number of nitrogens with one attached hydrogen (secondary N) is 1. The zero-order valence-electron chi connectivity index (χ0n) is 15.9. The molecule has 2 aromatic carbocycles. The van der Waals surface area contributed by atoms with Crippen LogP contribution >= 0.6 is 39.1 Å². The molecule has 0 saturated heterocycles. The average Bonchev–Trinajstić information content (AvgIpc) is 3.16. The lowest BCUT2D eigenvalue weighted by Crippen LogP contribution is -2.29. The predicted molar refractivity (Wildman–Crippen MR) is 118 cm³/mol. The molecule has 0 unspecified atom stereocenters. The van der Waals surface area contributed by atoms with Crippen molar-refractivity contribution in [2.24, 2.45) is 0 Å². The van der Waals surface area contributed by atoms with Gasteiger partial charge in [0.25, 0.3) is 0 Å². The summed E-state index contributed by atoms with van der Waals surface area (Å²) in [6, 6.07) is 8.72. The Morgan fingerprint density at radius 3 is 2.87 bits per heavy atom. The van der Waals surface area contributed by atoms with Crippen LogP contribution in [0.1, 0.15) is 30.5 Å². The fraction of sp³-hybridized carbons (Fsp3) is 0.250. The molecule has 2 heterocycles. The number of ether oxygens (including phenoxy) is 2. The number of hydrogen-bond acceptors (Lipinski definition) is 5. The molecule has 1 aliphatic heterocycles. The monoisotopic (exact) mass is 510 g/mol. The summed E-state index contributed by atoms with van der Waals surface area (Å²) in [6.45, 7) is 2.59. The van der Waals surface area contributed by atoms with E-state index >= 15 is 0 Å². The number of anilines is 1. The van der Waals surface area contributed by atoms with E-state index in [9.17, 15) is 4.79 Å². The van der Waals surface area contributed by atoms with Gasteiger partial charge in [-0.05, 0) is 52.7 Å². The Labute approximate surface area is 191 Å². The van der Waals surface area contributed by atoms with Gasteiger partial charge in [0, 0.05) is 15.6 Å². The van der Waals surface area contributed by atoms with Crippen LogP contribution < -0.4 is 14.8 Å². The minimum absolute atomic E-state index is 0.118. The fourth-order valence-electron chi connectivity index (χ4n) is 3.24. The van der Waals surface area contributed by atoms with Gasteiger partial charge in [0.2, 0.25) is 11.9 Å². The average molecular weight is 512 g/mol. The molecule has 1 aliphatic rings. The van der Waals surface area contributed by atoms with E-state index in [1.807, 2.05) is 25.1 Å². The molecule has 30 heavy (non-hydrogen) atoms. The number of carbonyl (C=O) groups excluding carboxylic acids is 1. The van der Waals surface area contributed by atoms with E-state index in [0.29, 0.717) is 38.6 Å². The summed E-state index contributed by atoms with van der Waals surface area (Å²) in [5.74, 6) is 1.40. The molecule has 156 valence electrons. The lowest BCUT2D eigenvalue weighted by Gasteiger charge is -2.25. The fourth-order valence-corrected chi connectivity index (χ4v) is 4.27. The maximum atomic E-state index is 12.1. The first-order chi connectivity index (χ1) is 14.5. The Morgan fingerprint density at radius 1 is 1.27 bits per heavy atom.